The molecule has 1 aromatic rings. The maximum Gasteiger partial charge on any atom is 0.338 e. The summed E-state index contributed by atoms with van der Waals surface area (Å²) in [5, 5.41) is 8.80. The number of piperidine rings is 1. The Balaban J connectivity index is 1.30. The summed E-state index contributed by atoms with van der Waals surface area (Å²) in [6.45, 7) is 10.0. The van der Waals surface area contributed by atoms with Crippen LogP contribution in [0.15, 0.2) is 30.3 Å². The highest BCUT2D eigenvalue weighted by atomic mass is 16.5. The first kappa shape index (κ1) is 36.3. The monoisotopic (exact) mass is 679 g/mol. The van der Waals surface area contributed by atoms with Crippen LogP contribution >= 0.6 is 0 Å². The van der Waals surface area contributed by atoms with Gasteiger partial charge in [0.2, 0.25) is 17.6 Å². The van der Waals surface area contributed by atoms with Gasteiger partial charge in [0.1, 0.15) is 18.7 Å². The van der Waals surface area contributed by atoms with Gasteiger partial charge >= 0.3 is 12.0 Å². The van der Waals surface area contributed by atoms with Crippen molar-refractivity contribution in [2.45, 2.75) is 116 Å². The van der Waals surface area contributed by atoms with Gasteiger partial charge in [-0.2, -0.15) is 0 Å². The van der Waals surface area contributed by atoms with E-state index in [9.17, 15) is 28.8 Å². The third-order valence-corrected chi connectivity index (χ3v) is 11.5. The quantitative estimate of drug-likeness (QED) is 0.193. The summed E-state index contributed by atoms with van der Waals surface area (Å²) < 4.78 is 5.69. The van der Waals surface area contributed by atoms with E-state index in [0.717, 1.165) is 38.5 Å². The zero-order valence-electron chi connectivity index (χ0n) is 29.5. The Labute approximate surface area is 289 Å². The van der Waals surface area contributed by atoms with E-state index in [1.165, 1.54) is 0 Å². The van der Waals surface area contributed by atoms with Crippen molar-refractivity contribution >= 4 is 35.5 Å². The van der Waals surface area contributed by atoms with Gasteiger partial charge in [-0.15, -0.1) is 0 Å². The van der Waals surface area contributed by atoms with E-state index in [4.69, 9.17) is 10.5 Å². The highest BCUT2D eigenvalue weighted by Crippen LogP contribution is 2.65. The molecule has 5 amide bonds. The zero-order valence-corrected chi connectivity index (χ0v) is 29.5. The number of ether oxygens (including phenoxy) is 1. The largest absolute Gasteiger partial charge is 0.460 e. The summed E-state index contributed by atoms with van der Waals surface area (Å²) in [7, 11) is 0. The number of benzene rings is 1. The van der Waals surface area contributed by atoms with Crippen LogP contribution in [0.3, 0.4) is 0 Å². The number of Topliss-reactive ketones (excluding diaryl/α,β-unsaturated/α-hetero) is 1. The summed E-state index contributed by atoms with van der Waals surface area (Å²) >= 11 is 0. The van der Waals surface area contributed by atoms with Crippen molar-refractivity contribution in [3.8, 4) is 0 Å². The molecular formula is C37H53N5O7. The van der Waals surface area contributed by atoms with Crippen molar-refractivity contribution in [1.82, 2.24) is 20.9 Å². The molecule has 5 rings (SSSR count). The van der Waals surface area contributed by atoms with Crippen LogP contribution in [-0.4, -0.2) is 77.2 Å². The molecule has 4 aliphatic rings. The number of fused-ring (bicyclic) bond motifs is 1. The van der Waals surface area contributed by atoms with Gasteiger partial charge in [0.25, 0.3) is 5.91 Å². The number of carbonyl (C=O) groups excluding carboxylic acids is 6. The number of amides is 5. The number of likely N-dealkylation sites (tertiary alicyclic amines) is 1. The van der Waals surface area contributed by atoms with Crippen LogP contribution in [0.25, 0.3) is 0 Å². The molecule has 3 saturated carbocycles. The fourth-order valence-corrected chi connectivity index (χ4v) is 8.15. The van der Waals surface area contributed by atoms with Crippen LogP contribution in [0.1, 0.15) is 103 Å². The first-order valence-electron chi connectivity index (χ1n) is 17.8. The molecule has 1 heterocycles. The Bertz CT molecular complexity index is 1440. The number of primary amides is 1. The van der Waals surface area contributed by atoms with Gasteiger partial charge in [-0.1, -0.05) is 91.3 Å². The predicted octanol–water partition coefficient (Wildman–Crippen LogP) is 3.47. The van der Waals surface area contributed by atoms with E-state index < -0.39 is 64.6 Å². The predicted molar refractivity (Wildman–Crippen MR) is 182 cm³/mol. The minimum Gasteiger partial charge on any atom is -0.460 e. The molecule has 0 aromatic heterocycles. The van der Waals surface area contributed by atoms with E-state index in [1.807, 2.05) is 26.8 Å². The molecule has 0 bridgehead atoms. The molecule has 49 heavy (non-hydrogen) atoms. The Morgan fingerprint density at radius 3 is 2.18 bits per heavy atom. The molecule has 0 spiro atoms. The van der Waals surface area contributed by atoms with Gasteiger partial charge in [-0.3, -0.25) is 19.2 Å². The fraction of sp³-hybridized carbons (Fsp3) is 0.676. The average molecular weight is 680 g/mol. The Kier molecular flexibility index (Phi) is 10.5. The Morgan fingerprint density at radius 1 is 0.959 bits per heavy atom. The Hall–Kier alpha value is -3.96. The van der Waals surface area contributed by atoms with Gasteiger partial charge in [0, 0.05) is 6.54 Å². The van der Waals surface area contributed by atoms with Gasteiger partial charge in [-0.25, -0.2) is 9.59 Å². The normalized spacial score (nSPS) is 25.1. The van der Waals surface area contributed by atoms with E-state index >= 15 is 0 Å². The van der Waals surface area contributed by atoms with E-state index in [-0.39, 0.29) is 29.8 Å². The third-order valence-electron chi connectivity index (χ3n) is 11.5. The lowest BCUT2D eigenvalue weighted by atomic mass is 9.80. The van der Waals surface area contributed by atoms with Crippen molar-refractivity contribution in [3.63, 3.8) is 0 Å². The number of rotatable bonds is 12. The van der Waals surface area contributed by atoms with Crippen LogP contribution in [0.4, 0.5) is 4.79 Å². The van der Waals surface area contributed by atoms with Crippen LogP contribution in [0.5, 0.6) is 0 Å². The molecular weight excluding hydrogens is 626 g/mol. The topological polar surface area (TPSA) is 177 Å². The maximum absolute atomic E-state index is 14.4. The minimum absolute atomic E-state index is 0.00113. The number of hydrogen-bond donors (Lipinski definition) is 4. The number of nitrogens with one attached hydrogen (secondary N) is 3. The minimum atomic E-state index is -1.10. The molecule has 1 saturated heterocycles. The summed E-state index contributed by atoms with van der Waals surface area (Å²) in [5.74, 6) is -3.11. The zero-order chi connectivity index (χ0) is 35.7. The van der Waals surface area contributed by atoms with Crippen molar-refractivity contribution < 1.29 is 33.5 Å². The lowest BCUT2D eigenvalue weighted by Gasteiger charge is -2.40. The smallest absolute Gasteiger partial charge is 0.338 e. The fourth-order valence-electron chi connectivity index (χ4n) is 8.15. The summed E-state index contributed by atoms with van der Waals surface area (Å²) in [4.78, 5) is 81.1. The van der Waals surface area contributed by atoms with E-state index in [0.29, 0.717) is 31.4 Å². The Morgan fingerprint density at radius 2 is 1.61 bits per heavy atom. The second-order valence-electron chi connectivity index (χ2n) is 16.4. The lowest BCUT2D eigenvalue weighted by Crippen LogP contribution is -2.63. The number of ketones is 1. The van der Waals surface area contributed by atoms with Crippen LogP contribution < -0.4 is 21.7 Å². The SMILES string of the molecule is CC(C)(C)[C@H](NC(=O)NC1(COC(=O)c2ccccc2)CCCCC1)C(=O)N1C[C@H]2[C@@H]([C@H]1C(=O)NC(CC1CCC1)C(=O)C(N)=O)C2(C)C. The van der Waals surface area contributed by atoms with Gasteiger partial charge in [0.15, 0.2) is 0 Å². The van der Waals surface area contributed by atoms with Gasteiger partial charge in [0.05, 0.1) is 17.1 Å². The van der Waals surface area contributed by atoms with Crippen molar-refractivity contribution in [3.05, 3.63) is 35.9 Å². The van der Waals surface area contributed by atoms with E-state index in [2.05, 4.69) is 29.8 Å². The number of esters is 1. The third kappa shape index (κ3) is 7.94. The second-order valence-corrected chi connectivity index (χ2v) is 16.4. The first-order valence-corrected chi connectivity index (χ1v) is 17.8. The van der Waals surface area contributed by atoms with Crippen molar-refractivity contribution in [1.29, 1.82) is 0 Å². The van der Waals surface area contributed by atoms with Crippen molar-refractivity contribution in [2.24, 2.45) is 34.3 Å². The van der Waals surface area contributed by atoms with Crippen LogP contribution in [0, 0.1) is 28.6 Å². The highest BCUT2D eigenvalue weighted by Gasteiger charge is 2.70. The van der Waals surface area contributed by atoms with Gasteiger partial charge < -0.3 is 31.3 Å². The molecule has 1 unspecified atom stereocenters. The molecule has 1 aliphatic heterocycles. The van der Waals surface area contributed by atoms with E-state index in [1.54, 1.807) is 29.2 Å². The molecule has 3 aliphatic carbocycles. The molecule has 5 N–H and O–H groups in total. The molecule has 1 aromatic carbocycles. The highest BCUT2D eigenvalue weighted by molar-refractivity contribution is 6.37. The number of nitrogens with two attached hydrogens (primary N) is 1. The maximum atomic E-state index is 14.4. The summed E-state index contributed by atoms with van der Waals surface area (Å²) in [6.07, 6.45) is 7.16. The van der Waals surface area contributed by atoms with Gasteiger partial charge in [-0.05, 0) is 60.0 Å². The van der Waals surface area contributed by atoms with Crippen molar-refractivity contribution in [2.75, 3.05) is 13.2 Å². The second kappa shape index (κ2) is 14.1. The molecule has 12 heteroatoms. The molecule has 12 nitrogen and oxygen atoms in total. The number of nitrogens with zero attached hydrogens (tertiary/aromatic N) is 1. The number of urea groups is 1. The lowest BCUT2D eigenvalue weighted by molar-refractivity contribution is -0.145. The average Bonchev–Trinajstić information content (AvgIpc) is 3.33. The molecule has 0 radical (unpaired) electrons. The molecule has 4 fully saturated rings. The molecule has 268 valence electrons. The van der Waals surface area contributed by atoms with Crippen LogP contribution in [0.2, 0.25) is 0 Å². The standard InChI is InChI=1S/C37H53N5O7/c1-35(2,3)29(40-34(48)41-37(17-10-7-11-18-37)21-49-33(47)23-15-8-6-9-16-23)32(46)42-20-24-26(36(24,4)5)27(42)31(45)39-25(28(43)30(38)44)19-22-13-12-14-22/h6,8-9,15-16,22,24-27,29H,7,10-14,17-21H2,1-5H3,(H2,38,44)(H,39,45)(H2,40,41,48)/t24-,25?,26-,27-,29+/m0/s1. The number of carbonyl (C=O) groups is 6. The summed E-state index contributed by atoms with van der Waals surface area (Å²) in [5.41, 5.74) is 4.07. The number of hydrogen-bond acceptors (Lipinski definition) is 7. The first-order chi connectivity index (χ1) is 23.0. The van der Waals surface area contributed by atoms with Crippen LogP contribution in [-0.2, 0) is 23.9 Å². The summed E-state index contributed by atoms with van der Waals surface area (Å²) in [6, 6.07) is 5.24. The molecule has 5 atom stereocenters.